The summed E-state index contributed by atoms with van der Waals surface area (Å²) in [6, 6.07) is 7.57. The molecule has 0 unspecified atom stereocenters. The third-order valence-electron chi connectivity index (χ3n) is 2.64. The molecule has 0 aliphatic carbocycles. The average molecular weight is 310 g/mol. The summed E-state index contributed by atoms with van der Waals surface area (Å²) < 4.78 is 36.4. The Hall–Kier alpha value is -2.64. The zero-order chi connectivity index (χ0) is 16.3. The number of carbonyl (C=O) groups is 1. The van der Waals surface area contributed by atoms with Crippen LogP contribution in [0.4, 0.5) is 30.5 Å². The average Bonchev–Trinajstić information content (AvgIpc) is 2.38. The Morgan fingerprint density at radius 2 is 1.50 bits per heavy atom. The van der Waals surface area contributed by atoms with Gasteiger partial charge in [0.1, 0.15) is 0 Å². The van der Waals surface area contributed by atoms with Crippen LogP contribution in [0.2, 0.25) is 0 Å². The molecule has 0 bridgehead atoms. The summed E-state index contributed by atoms with van der Waals surface area (Å²) in [7, 11) is 0. The molecule has 22 heavy (non-hydrogen) atoms. The fourth-order valence-electron chi connectivity index (χ4n) is 1.75. The zero-order valence-corrected chi connectivity index (χ0v) is 11.8. The molecule has 1 heterocycles. The number of aryl methyl sites for hydroxylation is 2. The van der Waals surface area contributed by atoms with Gasteiger partial charge in [0.15, 0.2) is 0 Å². The van der Waals surface area contributed by atoms with Crippen molar-refractivity contribution in [3.63, 3.8) is 0 Å². The predicted octanol–water partition coefficient (Wildman–Crippen LogP) is 3.34. The van der Waals surface area contributed by atoms with E-state index < -0.39 is 12.1 Å². The molecule has 116 valence electrons. The van der Waals surface area contributed by atoms with Crippen molar-refractivity contribution >= 4 is 23.2 Å². The minimum absolute atomic E-state index is 0.0502. The molecule has 0 saturated heterocycles. The number of hydrogen-bond acceptors (Lipinski definition) is 4. The van der Waals surface area contributed by atoms with Crippen LogP contribution in [-0.4, -0.2) is 22.1 Å². The second kappa shape index (κ2) is 6.00. The van der Waals surface area contributed by atoms with E-state index in [0.29, 0.717) is 11.6 Å². The Kier molecular flexibility index (Phi) is 4.30. The molecule has 1 amide bonds. The SMILES string of the molecule is Cc1cc(C)nc(Nc2ccc(NC(=O)C(F)(F)F)cc2)n1. The van der Waals surface area contributed by atoms with Crippen LogP contribution in [0.5, 0.6) is 0 Å². The van der Waals surface area contributed by atoms with Gasteiger partial charge in [-0.05, 0) is 44.2 Å². The highest BCUT2D eigenvalue weighted by Crippen LogP contribution is 2.20. The predicted molar refractivity (Wildman–Crippen MR) is 75.9 cm³/mol. The Bertz CT molecular complexity index is 663. The Balaban J connectivity index is 2.07. The van der Waals surface area contributed by atoms with Gasteiger partial charge in [-0.3, -0.25) is 4.79 Å². The fourth-order valence-corrected chi connectivity index (χ4v) is 1.75. The van der Waals surface area contributed by atoms with Gasteiger partial charge in [0, 0.05) is 22.8 Å². The van der Waals surface area contributed by atoms with E-state index in [1.807, 2.05) is 19.9 Å². The summed E-state index contributed by atoms with van der Waals surface area (Å²) in [5.41, 5.74) is 2.23. The van der Waals surface area contributed by atoms with Crippen LogP contribution in [0.1, 0.15) is 11.4 Å². The molecule has 5 nitrogen and oxygen atoms in total. The van der Waals surface area contributed by atoms with Gasteiger partial charge < -0.3 is 10.6 Å². The molecule has 0 radical (unpaired) electrons. The highest BCUT2D eigenvalue weighted by atomic mass is 19.4. The van der Waals surface area contributed by atoms with Crippen molar-refractivity contribution in [2.75, 3.05) is 10.6 Å². The molecule has 0 aliphatic rings. The molecule has 0 spiro atoms. The maximum absolute atomic E-state index is 12.1. The lowest BCUT2D eigenvalue weighted by Crippen LogP contribution is -2.29. The van der Waals surface area contributed by atoms with E-state index in [4.69, 9.17) is 0 Å². The lowest BCUT2D eigenvalue weighted by molar-refractivity contribution is -0.167. The number of hydrogen-bond donors (Lipinski definition) is 2. The molecule has 8 heteroatoms. The van der Waals surface area contributed by atoms with E-state index in [2.05, 4.69) is 15.3 Å². The number of halogens is 3. The molecule has 1 aromatic carbocycles. The number of amides is 1. The van der Waals surface area contributed by atoms with Crippen molar-refractivity contribution in [1.29, 1.82) is 0 Å². The monoisotopic (exact) mass is 310 g/mol. The van der Waals surface area contributed by atoms with Gasteiger partial charge in [-0.15, -0.1) is 0 Å². The van der Waals surface area contributed by atoms with Crippen LogP contribution in [0.25, 0.3) is 0 Å². The van der Waals surface area contributed by atoms with Crippen LogP contribution in [0, 0.1) is 13.8 Å². The fraction of sp³-hybridized carbons (Fsp3) is 0.214. The Morgan fingerprint density at radius 1 is 1.00 bits per heavy atom. The number of rotatable bonds is 3. The maximum Gasteiger partial charge on any atom is 0.471 e. The van der Waals surface area contributed by atoms with Crippen LogP contribution < -0.4 is 10.6 Å². The number of benzene rings is 1. The van der Waals surface area contributed by atoms with E-state index in [0.717, 1.165) is 11.4 Å². The Morgan fingerprint density at radius 3 is 2.00 bits per heavy atom. The standard InChI is InChI=1S/C14H13F3N4O/c1-8-7-9(2)19-13(18-8)21-11-5-3-10(4-6-11)20-12(22)14(15,16)17/h3-7H,1-2H3,(H,20,22)(H,18,19,21). The third-order valence-corrected chi connectivity index (χ3v) is 2.64. The smallest absolute Gasteiger partial charge is 0.324 e. The molecule has 0 atom stereocenters. The van der Waals surface area contributed by atoms with Crippen molar-refractivity contribution in [1.82, 2.24) is 9.97 Å². The van der Waals surface area contributed by atoms with Gasteiger partial charge in [-0.1, -0.05) is 0 Å². The maximum atomic E-state index is 12.1. The largest absolute Gasteiger partial charge is 0.471 e. The molecular weight excluding hydrogens is 297 g/mol. The first-order valence-corrected chi connectivity index (χ1v) is 6.31. The van der Waals surface area contributed by atoms with E-state index in [1.54, 1.807) is 5.32 Å². The third kappa shape index (κ3) is 4.18. The van der Waals surface area contributed by atoms with Crippen LogP contribution in [-0.2, 0) is 4.79 Å². The molecule has 1 aromatic heterocycles. The van der Waals surface area contributed by atoms with Crippen molar-refractivity contribution < 1.29 is 18.0 Å². The molecule has 2 aromatic rings. The first kappa shape index (κ1) is 15.7. The topological polar surface area (TPSA) is 66.9 Å². The van der Waals surface area contributed by atoms with Crippen LogP contribution >= 0.6 is 0 Å². The molecule has 0 saturated carbocycles. The van der Waals surface area contributed by atoms with Gasteiger partial charge >= 0.3 is 12.1 Å². The summed E-state index contributed by atoms with van der Waals surface area (Å²) in [5, 5.41) is 4.71. The highest BCUT2D eigenvalue weighted by molar-refractivity contribution is 5.95. The Labute approximate surface area is 124 Å². The van der Waals surface area contributed by atoms with Crippen LogP contribution in [0.3, 0.4) is 0 Å². The van der Waals surface area contributed by atoms with Gasteiger partial charge in [0.25, 0.3) is 0 Å². The van der Waals surface area contributed by atoms with Crippen molar-refractivity contribution in [2.24, 2.45) is 0 Å². The van der Waals surface area contributed by atoms with E-state index in [9.17, 15) is 18.0 Å². The van der Waals surface area contributed by atoms with Gasteiger partial charge in [0.2, 0.25) is 5.95 Å². The minimum atomic E-state index is -4.91. The van der Waals surface area contributed by atoms with Crippen molar-refractivity contribution in [3.8, 4) is 0 Å². The molecule has 0 aliphatic heterocycles. The zero-order valence-electron chi connectivity index (χ0n) is 11.8. The second-order valence-corrected chi connectivity index (χ2v) is 4.63. The first-order valence-electron chi connectivity index (χ1n) is 6.31. The van der Waals surface area contributed by atoms with E-state index in [1.165, 1.54) is 24.3 Å². The highest BCUT2D eigenvalue weighted by Gasteiger charge is 2.38. The number of nitrogens with zero attached hydrogens (tertiary/aromatic N) is 2. The number of carbonyl (C=O) groups excluding carboxylic acids is 1. The molecule has 2 rings (SSSR count). The molecule has 0 fully saturated rings. The van der Waals surface area contributed by atoms with Crippen LogP contribution in [0.15, 0.2) is 30.3 Å². The number of alkyl halides is 3. The van der Waals surface area contributed by atoms with E-state index in [-0.39, 0.29) is 5.69 Å². The van der Waals surface area contributed by atoms with Crippen molar-refractivity contribution in [2.45, 2.75) is 20.0 Å². The summed E-state index contributed by atoms with van der Waals surface area (Å²) >= 11 is 0. The van der Waals surface area contributed by atoms with Gasteiger partial charge in [-0.25, -0.2) is 9.97 Å². The summed E-state index contributed by atoms with van der Waals surface area (Å²) in [6.07, 6.45) is -4.91. The van der Waals surface area contributed by atoms with Crippen molar-refractivity contribution in [3.05, 3.63) is 41.7 Å². The lowest BCUT2D eigenvalue weighted by atomic mass is 10.2. The molecular formula is C14H13F3N4O. The number of nitrogens with one attached hydrogen (secondary N) is 2. The van der Waals surface area contributed by atoms with Gasteiger partial charge in [0.05, 0.1) is 0 Å². The summed E-state index contributed by atoms with van der Waals surface area (Å²) in [4.78, 5) is 19.2. The summed E-state index contributed by atoms with van der Waals surface area (Å²) in [5.74, 6) is -1.62. The van der Waals surface area contributed by atoms with Gasteiger partial charge in [-0.2, -0.15) is 13.2 Å². The second-order valence-electron chi connectivity index (χ2n) is 4.63. The quantitative estimate of drug-likeness (QED) is 0.912. The van der Waals surface area contributed by atoms with E-state index >= 15 is 0 Å². The normalized spacial score (nSPS) is 11.1. The number of anilines is 3. The summed E-state index contributed by atoms with van der Waals surface area (Å²) in [6.45, 7) is 3.66. The molecule has 2 N–H and O–H groups in total. The first-order chi connectivity index (χ1) is 10.2. The minimum Gasteiger partial charge on any atom is -0.324 e. The number of aromatic nitrogens is 2. The lowest BCUT2D eigenvalue weighted by Gasteiger charge is -2.09.